The van der Waals surface area contributed by atoms with Crippen LogP contribution in [0.3, 0.4) is 0 Å². The SMILES string of the molecule is C=C1COc2ccccc21. The van der Waals surface area contributed by atoms with Crippen molar-refractivity contribution in [3.8, 4) is 5.75 Å². The first-order valence-corrected chi connectivity index (χ1v) is 3.28. The van der Waals surface area contributed by atoms with Crippen LogP contribution in [0.5, 0.6) is 5.75 Å². The van der Waals surface area contributed by atoms with Gasteiger partial charge < -0.3 is 4.74 Å². The quantitative estimate of drug-likeness (QED) is 0.525. The zero-order valence-corrected chi connectivity index (χ0v) is 5.63. The zero-order valence-electron chi connectivity index (χ0n) is 5.63. The number of fused-ring (bicyclic) bond motifs is 1. The van der Waals surface area contributed by atoms with Crippen molar-refractivity contribution in [2.45, 2.75) is 0 Å². The van der Waals surface area contributed by atoms with E-state index in [4.69, 9.17) is 4.74 Å². The monoisotopic (exact) mass is 132 g/mol. The minimum absolute atomic E-state index is 0.652. The summed E-state index contributed by atoms with van der Waals surface area (Å²) in [6.07, 6.45) is 0. The van der Waals surface area contributed by atoms with E-state index < -0.39 is 0 Å². The molecule has 1 aromatic rings. The maximum Gasteiger partial charge on any atom is 0.127 e. The molecule has 0 amide bonds. The smallest absolute Gasteiger partial charge is 0.127 e. The highest BCUT2D eigenvalue weighted by Gasteiger charge is 2.13. The fourth-order valence-electron chi connectivity index (χ4n) is 1.13. The Morgan fingerprint density at radius 3 is 2.90 bits per heavy atom. The Morgan fingerprint density at radius 1 is 1.30 bits per heavy atom. The lowest BCUT2D eigenvalue weighted by Gasteiger charge is -1.93. The topological polar surface area (TPSA) is 9.23 Å². The van der Waals surface area contributed by atoms with Gasteiger partial charge in [-0.3, -0.25) is 0 Å². The average molecular weight is 132 g/mol. The van der Waals surface area contributed by atoms with E-state index in [-0.39, 0.29) is 0 Å². The summed E-state index contributed by atoms with van der Waals surface area (Å²) in [5, 5.41) is 0. The summed E-state index contributed by atoms with van der Waals surface area (Å²) < 4.78 is 5.31. The van der Waals surface area contributed by atoms with Crippen molar-refractivity contribution >= 4 is 5.57 Å². The Bertz CT molecular complexity index is 276. The molecule has 0 N–H and O–H groups in total. The maximum atomic E-state index is 5.31. The van der Waals surface area contributed by atoms with Crippen LogP contribution in [-0.2, 0) is 0 Å². The van der Waals surface area contributed by atoms with Gasteiger partial charge in [-0.1, -0.05) is 24.8 Å². The second-order valence-electron chi connectivity index (χ2n) is 2.39. The lowest BCUT2D eigenvalue weighted by Crippen LogP contribution is -1.84. The van der Waals surface area contributed by atoms with Crippen LogP contribution in [0.2, 0.25) is 0 Å². The fraction of sp³-hybridized carbons (Fsp3) is 0.111. The van der Waals surface area contributed by atoms with Crippen LogP contribution >= 0.6 is 0 Å². The standard InChI is InChI=1S/C9H8O/c1-7-6-10-9-5-3-2-4-8(7)9/h2-5H,1,6H2. The summed E-state index contributed by atoms with van der Waals surface area (Å²) >= 11 is 0. The largest absolute Gasteiger partial charge is 0.488 e. The molecule has 0 spiro atoms. The van der Waals surface area contributed by atoms with Crippen LogP contribution in [0, 0.1) is 0 Å². The van der Waals surface area contributed by atoms with E-state index in [1.807, 2.05) is 24.3 Å². The zero-order chi connectivity index (χ0) is 6.97. The van der Waals surface area contributed by atoms with E-state index in [0.717, 1.165) is 16.9 Å². The lowest BCUT2D eigenvalue weighted by atomic mass is 10.1. The fourth-order valence-corrected chi connectivity index (χ4v) is 1.13. The molecule has 0 saturated heterocycles. The Labute approximate surface area is 59.9 Å². The molecule has 2 rings (SSSR count). The Hall–Kier alpha value is -1.24. The lowest BCUT2D eigenvalue weighted by molar-refractivity contribution is 0.388. The summed E-state index contributed by atoms with van der Waals surface area (Å²) in [6, 6.07) is 7.97. The minimum Gasteiger partial charge on any atom is -0.488 e. The molecule has 0 aliphatic carbocycles. The molecule has 1 aromatic carbocycles. The molecular formula is C9H8O. The van der Waals surface area contributed by atoms with Gasteiger partial charge in [0.25, 0.3) is 0 Å². The van der Waals surface area contributed by atoms with Crippen LogP contribution < -0.4 is 4.74 Å². The molecule has 1 aliphatic heterocycles. The summed E-state index contributed by atoms with van der Waals surface area (Å²) in [4.78, 5) is 0. The molecule has 10 heavy (non-hydrogen) atoms. The van der Waals surface area contributed by atoms with Gasteiger partial charge in [-0.15, -0.1) is 0 Å². The number of para-hydroxylation sites is 1. The van der Waals surface area contributed by atoms with E-state index in [2.05, 4.69) is 6.58 Å². The minimum atomic E-state index is 0.652. The third kappa shape index (κ3) is 0.637. The number of ether oxygens (including phenoxy) is 1. The number of rotatable bonds is 0. The average Bonchev–Trinajstić information content (AvgIpc) is 2.34. The molecule has 0 aromatic heterocycles. The van der Waals surface area contributed by atoms with E-state index in [0.29, 0.717) is 6.61 Å². The van der Waals surface area contributed by atoms with E-state index in [9.17, 15) is 0 Å². The van der Waals surface area contributed by atoms with Gasteiger partial charge in [0.2, 0.25) is 0 Å². The van der Waals surface area contributed by atoms with Crippen LogP contribution in [0.1, 0.15) is 5.56 Å². The van der Waals surface area contributed by atoms with Gasteiger partial charge in [0.15, 0.2) is 0 Å². The summed E-state index contributed by atoms with van der Waals surface area (Å²) in [7, 11) is 0. The first-order valence-electron chi connectivity index (χ1n) is 3.28. The van der Waals surface area contributed by atoms with Crippen molar-refractivity contribution in [2.24, 2.45) is 0 Å². The molecule has 0 atom stereocenters. The van der Waals surface area contributed by atoms with Crippen molar-refractivity contribution in [2.75, 3.05) is 6.61 Å². The van der Waals surface area contributed by atoms with Crippen LogP contribution in [0.25, 0.3) is 5.57 Å². The molecule has 0 unspecified atom stereocenters. The van der Waals surface area contributed by atoms with Gasteiger partial charge in [-0.2, -0.15) is 0 Å². The normalized spacial score (nSPS) is 14.6. The van der Waals surface area contributed by atoms with Crippen molar-refractivity contribution < 1.29 is 4.74 Å². The van der Waals surface area contributed by atoms with Crippen molar-refractivity contribution in [3.05, 3.63) is 36.4 Å². The van der Waals surface area contributed by atoms with Gasteiger partial charge in [-0.05, 0) is 11.6 Å². The van der Waals surface area contributed by atoms with Gasteiger partial charge in [0, 0.05) is 5.56 Å². The summed E-state index contributed by atoms with van der Waals surface area (Å²) in [5.74, 6) is 0.965. The molecule has 50 valence electrons. The van der Waals surface area contributed by atoms with Gasteiger partial charge in [0.1, 0.15) is 12.4 Å². The molecule has 0 saturated carbocycles. The predicted molar refractivity (Wildman–Crippen MR) is 41.0 cm³/mol. The molecule has 1 heterocycles. The highest BCUT2D eigenvalue weighted by Crippen LogP contribution is 2.30. The number of hydrogen-bond donors (Lipinski definition) is 0. The molecular weight excluding hydrogens is 124 g/mol. The highest BCUT2D eigenvalue weighted by molar-refractivity contribution is 5.72. The van der Waals surface area contributed by atoms with Crippen molar-refractivity contribution in [3.63, 3.8) is 0 Å². The molecule has 0 fully saturated rings. The maximum absolute atomic E-state index is 5.31. The predicted octanol–water partition coefficient (Wildman–Crippen LogP) is 2.09. The second-order valence-corrected chi connectivity index (χ2v) is 2.39. The van der Waals surface area contributed by atoms with Crippen LogP contribution in [0.15, 0.2) is 30.8 Å². The Balaban J connectivity index is 2.61. The van der Waals surface area contributed by atoms with E-state index >= 15 is 0 Å². The van der Waals surface area contributed by atoms with Gasteiger partial charge in [-0.25, -0.2) is 0 Å². The molecule has 1 heteroatoms. The molecule has 0 bridgehead atoms. The Morgan fingerprint density at radius 2 is 2.10 bits per heavy atom. The molecule has 1 aliphatic rings. The van der Waals surface area contributed by atoms with Crippen molar-refractivity contribution in [1.29, 1.82) is 0 Å². The van der Waals surface area contributed by atoms with E-state index in [1.165, 1.54) is 0 Å². The first-order chi connectivity index (χ1) is 4.88. The number of hydrogen-bond acceptors (Lipinski definition) is 1. The summed E-state index contributed by atoms with van der Waals surface area (Å²) in [5.41, 5.74) is 2.23. The second kappa shape index (κ2) is 1.87. The van der Waals surface area contributed by atoms with E-state index in [1.54, 1.807) is 0 Å². The summed E-state index contributed by atoms with van der Waals surface area (Å²) in [6.45, 7) is 4.52. The first kappa shape index (κ1) is 5.54. The molecule has 1 nitrogen and oxygen atoms in total. The third-order valence-corrected chi connectivity index (χ3v) is 1.67. The van der Waals surface area contributed by atoms with Crippen LogP contribution in [0.4, 0.5) is 0 Å². The highest BCUT2D eigenvalue weighted by atomic mass is 16.5. The third-order valence-electron chi connectivity index (χ3n) is 1.67. The Kier molecular flexibility index (Phi) is 1.04. The van der Waals surface area contributed by atoms with Crippen molar-refractivity contribution in [1.82, 2.24) is 0 Å². The number of benzene rings is 1. The van der Waals surface area contributed by atoms with Gasteiger partial charge >= 0.3 is 0 Å². The van der Waals surface area contributed by atoms with Gasteiger partial charge in [0.05, 0.1) is 0 Å². The van der Waals surface area contributed by atoms with Crippen LogP contribution in [-0.4, -0.2) is 6.61 Å². The molecule has 0 radical (unpaired) electrons.